The third-order valence-corrected chi connectivity index (χ3v) is 5.19. The number of hydrogen-bond donors (Lipinski definition) is 1. The lowest BCUT2D eigenvalue weighted by Crippen LogP contribution is -2.19. The van der Waals surface area contributed by atoms with Gasteiger partial charge in [0.1, 0.15) is 5.75 Å². The number of aliphatic imine (C=N–C) groups is 1. The molecule has 4 nitrogen and oxygen atoms in total. The lowest BCUT2D eigenvalue weighted by Gasteiger charge is -2.06. The maximum absolute atomic E-state index is 12.2. The van der Waals surface area contributed by atoms with E-state index in [0.29, 0.717) is 16.7 Å². The van der Waals surface area contributed by atoms with Crippen molar-refractivity contribution in [2.45, 2.75) is 13.8 Å². The molecule has 0 spiro atoms. The fourth-order valence-electron chi connectivity index (χ4n) is 2.33. The van der Waals surface area contributed by atoms with Crippen molar-refractivity contribution in [2.24, 2.45) is 4.99 Å². The molecule has 0 aliphatic carbocycles. The summed E-state index contributed by atoms with van der Waals surface area (Å²) in [5.74, 6) is 0.732. The van der Waals surface area contributed by atoms with Crippen LogP contribution < -0.4 is 10.1 Å². The number of halogens is 1. The summed E-state index contributed by atoms with van der Waals surface area (Å²) in [5.41, 5.74) is 2.93. The number of benzene rings is 2. The number of carbonyl (C=O) groups excluding carboxylic acids is 1. The summed E-state index contributed by atoms with van der Waals surface area (Å²) in [6, 6.07) is 13.7. The van der Waals surface area contributed by atoms with Crippen molar-refractivity contribution in [1.29, 1.82) is 0 Å². The molecule has 3 rings (SSSR count). The monoisotopic (exact) mass is 464 g/mol. The standard InChI is InChI=1S/C19H17IN2O2S/c1-3-24-16-8-7-13(10-15(16)20)11-17-18(23)22-19(25-17)21-14-6-4-5-12(2)9-14/h4-11H,3H2,1-2H3,(H,21,22,23)/b17-11+. The SMILES string of the molecule is CCOc1ccc(/C=C2/SC(=Nc3cccc(C)c3)NC2=O)cc1I. The van der Waals surface area contributed by atoms with Crippen molar-refractivity contribution in [1.82, 2.24) is 5.32 Å². The van der Waals surface area contributed by atoms with E-state index >= 15 is 0 Å². The Bertz CT molecular complexity index is 877. The average molecular weight is 464 g/mol. The van der Waals surface area contributed by atoms with Crippen LogP contribution in [-0.4, -0.2) is 17.7 Å². The minimum atomic E-state index is -0.125. The van der Waals surface area contributed by atoms with Gasteiger partial charge in [0, 0.05) is 0 Å². The van der Waals surface area contributed by atoms with Gasteiger partial charge in [0.05, 0.1) is 20.8 Å². The van der Waals surface area contributed by atoms with Crippen molar-refractivity contribution < 1.29 is 9.53 Å². The van der Waals surface area contributed by atoms with Crippen LogP contribution in [0.4, 0.5) is 5.69 Å². The molecule has 6 heteroatoms. The summed E-state index contributed by atoms with van der Waals surface area (Å²) in [6.07, 6.45) is 1.87. The van der Waals surface area contributed by atoms with Gasteiger partial charge < -0.3 is 10.1 Å². The van der Waals surface area contributed by atoms with Crippen LogP contribution in [0.1, 0.15) is 18.1 Å². The molecule has 1 amide bonds. The second kappa shape index (κ2) is 8.05. The fraction of sp³-hybridized carbons (Fsp3) is 0.158. The van der Waals surface area contributed by atoms with E-state index in [1.165, 1.54) is 11.8 Å². The summed E-state index contributed by atoms with van der Waals surface area (Å²) < 4.78 is 6.56. The molecular weight excluding hydrogens is 447 g/mol. The summed E-state index contributed by atoms with van der Waals surface area (Å²) in [5, 5.41) is 3.42. The summed E-state index contributed by atoms with van der Waals surface area (Å²) in [6.45, 7) is 4.61. The molecule has 1 saturated heterocycles. The first-order valence-corrected chi connectivity index (χ1v) is 9.73. The molecular formula is C19H17IN2O2S. The Morgan fingerprint density at radius 1 is 1.28 bits per heavy atom. The highest BCUT2D eigenvalue weighted by Gasteiger charge is 2.23. The van der Waals surface area contributed by atoms with Crippen LogP contribution in [0, 0.1) is 10.5 Å². The van der Waals surface area contributed by atoms with E-state index < -0.39 is 0 Å². The summed E-state index contributed by atoms with van der Waals surface area (Å²) >= 11 is 3.59. The highest BCUT2D eigenvalue weighted by atomic mass is 127. The molecule has 0 atom stereocenters. The number of nitrogens with zero attached hydrogens (tertiary/aromatic N) is 1. The zero-order valence-electron chi connectivity index (χ0n) is 13.9. The van der Waals surface area contributed by atoms with Crippen LogP contribution in [0.15, 0.2) is 52.4 Å². The van der Waals surface area contributed by atoms with E-state index in [1.54, 1.807) is 0 Å². The van der Waals surface area contributed by atoms with E-state index in [9.17, 15) is 4.79 Å². The average Bonchev–Trinajstić information content (AvgIpc) is 2.89. The highest BCUT2D eigenvalue weighted by molar-refractivity contribution is 14.1. The number of amidine groups is 1. The van der Waals surface area contributed by atoms with Gasteiger partial charge in [-0.15, -0.1) is 0 Å². The van der Waals surface area contributed by atoms with Crippen LogP contribution in [-0.2, 0) is 4.79 Å². The first kappa shape index (κ1) is 18.0. The second-order valence-corrected chi connectivity index (χ2v) is 7.64. The largest absolute Gasteiger partial charge is 0.493 e. The van der Waals surface area contributed by atoms with E-state index in [0.717, 1.165) is 26.1 Å². The zero-order chi connectivity index (χ0) is 17.8. The van der Waals surface area contributed by atoms with Crippen LogP contribution in [0.2, 0.25) is 0 Å². The van der Waals surface area contributed by atoms with Crippen LogP contribution in [0.5, 0.6) is 5.75 Å². The van der Waals surface area contributed by atoms with Crippen molar-refractivity contribution in [2.75, 3.05) is 6.61 Å². The smallest absolute Gasteiger partial charge is 0.264 e. The minimum absolute atomic E-state index is 0.125. The number of carbonyl (C=O) groups is 1. The van der Waals surface area contributed by atoms with Gasteiger partial charge in [0.25, 0.3) is 5.91 Å². The first-order valence-electron chi connectivity index (χ1n) is 7.84. The molecule has 25 heavy (non-hydrogen) atoms. The maximum atomic E-state index is 12.2. The molecule has 2 aromatic carbocycles. The minimum Gasteiger partial charge on any atom is -0.493 e. The van der Waals surface area contributed by atoms with Gasteiger partial charge in [0.15, 0.2) is 5.17 Å². The van der Waals surface area contributed by atoms with Gasteiger partial charge in [-0.05, 0) is 89.7 Å². The van der Waals surface area contributed by atoms with Gasteiger partial charge >= 0.3 is 0 Å². The summed E-state index contributed by atoms with van der Waals surface area (Å²) in [7, 11) is 0. The molecule has 0 aromatic heterocycles. The predicted molar refractivity (Wildman–Crippen MR) is 112 cm³/mol. The fourth-order valence-corrected chi connectivity index (χ4v) is 3.86. The van der Waals surface area contributed by atoms with Crippen molar-refractivity contribution in [3.8, 4) is 5.75 Å². The van der Waals surface area contributed by atoms with Gasteiger partial charge in [-0.25, -0.2) is 4.99 Å². The van der Waals surface area contributed by atoms with Gasteiger partial charge in [0.2, 0.25) is 0 Å². The number of rotatable bonds is 4. The van der Waals surface area contributed by atoms with Crippen molar-refractivity contribution in [3.63, 3.8) is 0 Å². The number of nitrogens with one attached hydrogen (secondary N) is 1. The number of hydrogen-bond acceptors (Lipinski definition) is 4. The van der Waals surface area contributed by atoms with Crippen LogP contribution in [0.3, 0.4) is 0 Å². The molecule has 128 valence electrons. The molecule has 1 aliphatic rings. The van der Waals surface area contributed by atoms with Crippen molar-refractivity contribution >= 4 is 57.2 Å². The van der Waals surface area contributed by atoms with E-state index in [-0.39, 0.29) is 5.91 Å². The Morgan fingerprint density at radius 3 is 2.84 bits per heavy atom. The van der Waals surface area contributed by atoms with E-state index in [1.807, 2.05) is 62.4 Å². The molecule has 2 aromatic rings. The lowest BCUT2D eigenvalue weighted by molar-refractivity contribution is -0.115. The van der Waals surface area contributed by atoms with Gasteiger partial charge in [-0.1, -0.05) is 18.2 Å². The lowest BCUT2D eigenvalue weighted by atomic mass is 10.2. The highest BCUT2D eigenvalue weighted by Crippen LogP contribution is 2.30. The Balaban J connectivity index is 1.80. The number of thioether (sulfide) groups is 1. The molecule has 1 N–H and O–H groups in total. The molecule has 1 fully saturated rings. The second-order valence-electron chi connectivity index (χ2n) is 5.44. The van der Waals surface area contributed by atoms with Gasteiger partial charge in [-0.2, -0.15) is 0 Å². The normalized spacial score (nSPS) is 17.2. The zero-order valence-corrected chi connectivity index (χ0v) is 16.8. The van der Waals surface area contributed by atoms with Crippen LogP contribution in [0.25, 0.3) is 6.08 Å². The summed E-state index contributed by atoms with van der Waals surface area (Å²) in [4.78, 5) is 17.3. The van der Waals surface area contributed by atoms with E-state index in [4.69, 9.17) is 4.74 Å². The first-order chi connectivity index (χ1) is 12.0. The number of ether oxygens (including phenoxy) is 1. The Labute approximate surface area is 164 Å². The topological polar surface area (TPSA) is 50.7 Å². The van der Waals surface area contributed by atoms with Crippen molar-refractivity contribution in [3.05, 3.63) is 62.1 Å². The molecule has 1 aliphatic heterocycles. The van der Waals surface area contributed by atoms with Crippen LogP contribution >= 0.6 is 34.4 Å². The molecule has 0 saturated carbocycles. The molecule has 0 unspecified atom stereocenters. The molecule has 0 radical (unpaired) electrons. The maximum Gasteiger partial charge on any atom is 0.264 e. The molecule has 0 bridgehead atoms. The number of aryl methyl sites for hydroxylation is 1. The third-order valence-electron chi connectivity index (χ3n) is 3.44. The predicted octanol–water partition coefficient (Wildman–Crippen LogP) is 4.89. The Morgan fingerprint density at radius 2 is 2.12 bits per heavy atom. The Kier molecular flexibility index (Phi) is 5.80. The third kappa shape index (κ3) is 4.64. The Hall–Kier alpha value is -1.80. The number of amides is 1. The molecule has 1 heterocycles. The van der Waals surface area contributed by atoms with E-state index in [2.05, 4.69) is 32.9 Å². The quantitative estimate of drug-likeness (QED) is 0.518. The van der Waals surface area contributed by atoms with Gasteiger partial charge in [-0.3, -0.25) is 4.79 Å².